The molecule has 0 saturated heterocycles. The number of aryl methyl sites for hydroxylation is 2. The number of sulfonamides is 1. The molecule has 1 aromatic heterocycles. The molecule has 28 heavy (non-hydrogen) atoms. The monoisotopic (exact) mass is 403 g/mol. The van der Waals surface area contributed by atoms with E-state index in [1.807, 2.05) is 6.92 Å². The summed E-state index contributed by atoms with van der Waals surface area (Å²) in [5.74, 6) is -0.678. The fourth-order valence-electron chi connectivity index (χ4n) is 2.80. The predicted octanol–water partition coefficient (Wildman–Crippen LogP) is 2.74. The molecular weight excluding hydrogens is 382 g/mol. The molecule has 0 saturated carbocycles. The number of benzene rings is 1. The molecular formula is C19H21N3O5S. The Morgan fingerprint density at radius 3 is 2.68 bits per heavy atom. The van der Waals surface area contributed by atoms with Gasteiger partial charge in [0, 0.05) is 12.1 Å². The molecule has 0 amide bonds. The van der Waals surface area contributed by atoms with Crippen LogP contribution in [0.1, 0.15) is 30.5 Å². The summed E-state index contributed by atoms with van der Waals surface area (Å²) in [7, 11) is -3.71. The number of carboxylic acid groups (broad SMARTS) is 1. The fourth-order valence-corrected chi connectivity index (χ4v) is 3.80. The van der Waals surface area contributed by atoms with E-state index in [0.717, 1.165) is 11.3 Å². The first-order valence-electron chi connectivity index (χ1n) is 8.80. The molecule has 1 atom stereocenters. The molecule has 0 fully saturated rings. The lowest BCUT2D eigenvalue weighted by Crippen LogP contribution is -2.15. The Bertz CT molecular complexity index is 987. The van der Waals surface area contributed by atoms with E-state index < -0.39 is 22.1 Å². The predicted molar refractivity (Wildman–Crippen MR) is 104 cm³/mol. The second-order valence-corrected chi connectivity index (χ2v) is 8.30. The summed E-state index contributed by atoms with van der Waals surface area (Å²) in [6.45, 7) is 1.89. The van der Waals surface area contributed by atoms with Crippen molar-refractivity contribution in [1.82, 2.24) is 4.98 Å². The summed E-state index contributed by atoms with van der Waals surface area (Å²) in [4.78, 5) is 20.3. The Kier molecular flexibility index (Phi) is 5.93. The molecule has 0 spiro atoms. The van der Waals surface area contributed by atoms with E-state index in [-0.39, 0.29) is 17.1 Å². The van der Waals surface area contributed by atoms with Crippen molar-refractivity contribution in [2.24, 2.45) is 5.16 Å². The Morgan fingerprint density at radius 1 is 1.21 bits per heavy atom. The quantitative estimate of drug-likeness (QED) is 0.700. The van der Waals surface area contributed by atoms with Crippen LogP contribution >= 0.6 is 0 Å². The normalized spacial score (nSPS) is 16.3. The van der Waals surface area contributed by atoms with Crippen LogP contribution in [0.5, 0.6) is 0 Å². The topological polar surface area (TPSA) is 118 Å². The molecule has 1 aliphatic rings. The Morgan fingerprint density at radius 2 is 1.96 bits per heavy atom. The number of carboxylic acids is 1. The summed E-state index contributed by atoms with van der Waals surface area (Å²) in [5, 5.41) is 12.7. The van der Waals surface area contributed by atoms with Crippen molar-refractivity contribution >= 4 is 27.5 Å². The van der Waals surface area contributed by atoms with E-state index in [1.165, 1.54) is 0 Å². The first-order valence-corrected chi connectivity index (χ1v) is 10.3. The molecule has 1 unspecified atom stereocenters. The molecule has 0 bridgehead atoms. The van der Waals surface area contributed by atoms with Crippen molar-refractivity contribution in [1.29, 1.82) is 0 Å². The van der Waals surface area contributed by atoms with Gasteiger partial charge in [-0.15, -0.1) is 0 Å². The molecule has 3 rings (SSSR count). The van der Waals surface area contributed by atoms with Crippen LogP contribution in [0.25, 0.3) is 0 Å². The van der Waals surface area contributed by atoms with Gasteiger partial charge in [0.1, 0.15) is 11.9 Å². The fraction of sp³-hybridized carbons (Fsp3) is 0.316. The number of hydrogen-bond donors (Lipinski definition) is 2. The first kappa shape index (κ1) is 19.8. The second-order valence-electron chi connectivity index (χ2n) is 6.62. The average Bonchev–Trinajstić information content (AvgIpc) is 3.07. The van der Waals surface area contributed by atoms with Gasteiger partial charge in [-0.3, -0.25) is 9.52 Å². The number of rotatable bonds is 8. The lowest BCUT2D eigenvalue weighted by molar-refractivity contribution is -0.139. The standard InChI is InChI=1S/C19H21N3O5S/c1-13-5-9-17(10-6-13)28(25,26)22-18-4-2-3-14(20-18)7-8-15-11-16(27-21-15)12-19(23)24/h2-6,9-10,16H,7-8,11-12H2,1H3,(H,20,22)(H,23,24). The zero-order chi connectivity index (χ0) is 20.1. The molecule has 9 heteroatoms. The highest BCUT2D eigenvalue weighted by molar-refractivity contribution is 7.92. The van der Waals surface area contributed by atoms with Crippen molar-refractivity contribution in [3.8, 4) is 0 Å². The molecule has 8 nitrogen and oxygen atoms in total. The van der Waals surface area contributed by atoms with Gasteiger partial charge < -0.3 is 9.94 Å². The molecule has 2 aromatic rings. The van der Waals surface area contributed by atoms with Gasteiger partial charge in [-0.1, -0.05) is 28.9 Å². The van der Waals surface area contributed by atoms with Gasteiger partial charge in [-0.25, -0.2) is 13.4 Å². The zero-order valence-corrected chi connectivity index (χ0v) is 16.1. The summed E-state index contributed by atoms with van der Waals surface area (Å²) in [6, 6.07) is 11.7. The molecule has 0 aliphatic carbocycles. The van der Waals surface area contributed by atoms with Gasteiger partial charge >= 0.3 is 5.97 Å². The van der Waals surface area contributed by atoms with Gasteiger partial charge in [0.2, 0.25) is 0 Å². The third-order valence-electron chi connectivity index (χ3n) is 4.24. The van der Waals surface area contributed by atoms with E-state index >= 15 is 0 Å². The minimum atomic E-state index is -3.71. The smallest absolute Gasteiger partial charge is 0.307 e. The van der Waals surface area contributed by atoms with Crippen LogP contribution in [0.2, 0.25) is 0 Å². The highest BCUT2D eigenvalue weighted by atomic mass is 32.2. The number of nitrogens with one attached hydrogen (secondary N) is 1. The van der Waals surface area contributed by atoms with Crippen LogP contribution in [0, 0.1) is 6.92 Å². The number of carbonyl (C=O) groups is 1. The average molecular weight is 403 g/mol. The van der Waals surface area contributed by atoms with Crippen LogP contribution in [-0.2, 0) is 26.1 Å². The Hall–Kier alpha value is -2.94. The SMILES string of the molecule is Cc1ccc(S(=O)(=O)Nc2cccc(CCC3=NOC(CC(=O)O)C3)n2)cc1. The number of hydrogen-bond acceptors (Lipinski definition) is 6. The maximum absolute atomic E-state index is 12.5. The first-order chi connectivity index (χ1) is 13.3. The number of aromatic nitrogens is 1. The molecule has 2 N–H and O–H groups in total. The van der Waals surface area contributed by atoms with Gasteiger partial charge in [0.25, 0.3) is 10.0 Å². The van der Waals surface area contributed by atoms with Crippen LogP contribution < -0.4 is 4.72 Å². The van der Waals surface area contributed by atoms with Crippen molar-refractivity contribution in [2.45, 2.75) is 43.6 Å². The number of anilines is 1. The molecule has 1 aliphatic heterocycles. The van der Waals surface area contributed by atoms with E-state index in [4.69, 9.17) is 9.94 Å². The largest absolute Gasteiger partial charge is 0.481 e. The lowest BCUT2D eigenvalue weighted by Gasteiger charge is -2.09. The van der Waals surface area contributed by atoms with E-state index in [1.54, 1.807) is 42.5 Å². The summed E-state index contributed by atoms with van der Waals surface area (Å²) < 4.78 is 27.5. The lowest BCUT2D eigenvalue weighted by atomic mass is 10.1. The summed E-state index contributed by atoms with van der Waals surface area (Å²) >= 11 is 0. The van der Waals surface area contributed by atoms with Crippen molar-refractivity contribution in [2.75, 3.05) is 4.72 Å². The number of oxime groups is 1. The Labute approximate surface area is 163 Å². The van der Waals surface area contributed by atoms with Crippen LogP contribution in [0.15, 0.2) is 52.5 Å². The minimum absolute atomic E-state index is 0.0818. The zero-order valence-electron chi connectivity index (χ0n) is 15.3. The second kappa shape index (κ2) is 8.39. The number of pyridine rings is 1. The molecule has 0 radical (unpaired) electrons. The third kappa shape index (κ3) is 5.29. The Balaban J connectivity index is 1.60. The minimum Gasteiger partial charge on any atom is -0.481 e. The van der Waals surface area contributed by atoms with Gasteiger partial charge in [0.15, 0.2) is 0 Å². The molecule has 148 valence electrons. The maximum atomic E-state index is 12.5. The molecule has 2 heterocycles. The van der Waals surface area contributed by atoms with Gasteiger partial charge in [-0.05, 0) is 44.0 Å². The van der Waals surface area contributed by atoms with Crippen LogP contribution in [-0.4, -0.2) is 36.3 Å². The van der Waals surface area contributed by atoms with E-state index in [9.17, 15) is 13.2 Å². The van der Waals surface area contributed by atoms with Crippen molar-refractivity contribution in [3.05, 3.63) is 53.7 Å². The number of nitrogens with zero attached hydrogens (tertiary/aromatic N) is 2. The summed E-state index contributed by atoms with van der Waals surface area (Å²) in [6.07, 6.45) is 1.08. The van der Waals surface area contributed by atoms with Crippen molar-refractivity contribution < 1.29 is 23.2 Å². The summed E-state index contributed by atoms with van der Waals surface area (Å²) in [5.41, 5.74) is 2.45. The van der Waals surface area contributed by atoms with Gasteiger partial charge in [-0.2, -0.15) is 0 Å². The van der Waals surface area contributed by atoms with Crippen LogP contribution in [0.3, 0.4) is 0 Å². The van der Waals surface area contributed by atoms with Crippen LogP contribution in [0.4, 0.5) is 5.82 Å². The highest BCUT2D eigenvalue weighted by Gasteiger charge is 2.23. The van der Waals surface area contributed by atoms with E-state index in [2.05, 4.69) is 14.9 Å². The third-order valence-corrected chi connectivity index (χ3v) is 5.61. The molecule has 1 aromatic carbocycles. The van der Waals surface area contributed by atoms with Crippen molar-refractivity contribution in [3.63, 3.8) is 0 Å². The number of aliphatic carboxylic acids is 1. The van der Waals surface area contributed by atoms with E-state index in [0.29, 0.717) is 25.0 Å². The van der Waals surface area contributed by atoms with Gasteiger partial charge in [0.05, 0.1) is 17.0 Å². The highest BCUT2D eigenvalue weighted by Crippen LogP contribution is 2.19. The maximum Gasteiger partial charge on any atom is 0.307 e.